The molecule has 0 fully saturated rings. The molecule has 0 bridgehead atoms. The second-order valence-corrected chi connectivity index (χ2v) is 8.29. The molecule has 1 unspecified atom stereocenters. The van der Waals surface area contributed by atoms with Crippen molar-refractivity contribution in [1.29, 1.82) is 0 Å². The van der Waals surface area contributed by atoms with Gasteiger partial charge in [0.15, 0.2) is 7.29 Å². The third kappa shape index (κ3) is 4.10. The standard InChI is InChI=1S/C18H22NO3P/c1-15(18(20)22-2)19(14-16-10-6-4-7-11-16)23(3,21)17-12-8-5-9-13-17/h4-13,15H,14H2,1-3H3/t15-,23?/m0/s1. The molecular formula is C18H22NO3P. The van der Waals surface area contributed by atoms with E-state index in [4.69, 9.17) is 4.74 Å². The number of carbonyl (C=O) groups excluding carboxylic acids is 1. The second-order valence-electron chi connectivity index (χ2n) is 5.50. The molecule has 0 aliphatic heterocycles. The van der Waals surface area contributed by atoms with Crippen molar-refractivity contribution in [1.82, 2.24) is 4.67 Å². The van der Waals surface area contributed by atoms with Crippen LogP contribution >= 0.6 is 7.29 Å². The Hall–Kier alpha value is -1.90. The van der Waals surface area contributed by atoms with Crippen LogP contribution in [0.5, 0.6) is 0 Å². The Kier molecular flexibility index (Phi) is 5.75. The molecule has 0 aliphatic rings. The van der Waals surface area contributed by atoms with Gasteiger partial charge in [0.2, 0.25) is 0 Å². The van der Waals surface area contributed by atoms with Gasteiger partial charge in [-0.3, -0.25) is 4.79 Å². The molecule has 0 amide bonds. The molecule has 0 saturated carbocycles. The molecule has 0 saturated heterocycles. The summed E-state index contributed by atoms with van der Waals surface area (Å²) in [7, 11) is -1.56. The van der Waals surface area contributed by atoms with Crippen LogP contribution in [0.25, 0.3) is 0 Å². The monoisotopic (exact) mass is 331 g/mol. The predicted molar refractivity (Wildman–Crippen MR) is 93.1 cm³/mol. The topological polar surface area (TPSA) is 46.6 Å². The van der Waals surface area contributed by atoms with E-state index in [2.05, 4.69) is 0 Å². The smallest absolute Gasteiger partial charge is 0.323 e. The Morgan fingerprint density at radius 2 is 1.61 bits per heavy atom. The van der Waals surface area contributed by atoms with Gasteiger partial charge in [0.25, 0.3) is 0 Å². The predicted octanol–water partition coefficient (Wildman–Crippen LogP) is 3.28. The lowest BCUT2D eigenvalue weighted by Crippen LogP contribution is -2.39. The lowest BCUT2D eigenvalue weighted by molar-refractivity contribution is -0.144. The molecule has 23 heavy (non-hydrogen) atoms. The molecule has 0 heterocycles. The van der Waals surface area contributed by atoms with Crippen LogP contribution < -0.4 is 5.30 Å². The third-order valence-corrected chi connectivity index (χ3v) is 6.63. The first-order valence-electron chi connectivity index (χ1n) is 7.49. The van der Waals surface area contributed by atoms with E-state index in [0.717, 1.165) is 10.9 Å². The minimum atomic E-state index is -2.91. The fraction of sp³-hybridized carbons (Fsp3) is 0.278. The Morgan fingerprint density at radius 3 is 2.13 bits per heavy atom. The van der Waals surface area contributed by atoms with Gasteiger partial charge in [0.05, 0.1) is 7.11 Å². The maximum atomic E-state index is 13.5. The SMILES string of the molecule is COC(=O)[C@H](C)N(Cc1ccccc1)P(C)(=O)c1ccccc1. The maximum Gasteiger partial charge on any atom is 0.323 e. The zero-order valence-corrected chi connectivity index (χ0v) is 14.6. The van der Waals surface area contributed by atoms with Crippen molar-refractivity contribution in [3.8, 4) is 0 Å². The summed E-state index contributed by atoms with van der Waals surface area (Å²) in [5.74, 6) is -0.390. The fourth-order valence-electron chi connectivity index (χ4n) is 2.52. The van der Waals surface area contributed by atoms with E-state index >= 15 is 0 Å². The van der Waals surface area contributed by atoms with Gasteiger partial charge in [-0.05, 0) is 12.5 Å². The molecule has 2 aromatic carbocycles. The van der Waals surface area contributed by atoms with Crippen LogP contribution in [0.4, 0.5) is 0 Å². The highest BCUT2D eigenvalue weighted by Gasteiger charge is 2.35. The highest BCUT2D eigenvalue weighted by molar-refractivity contribution is 7.68. The maximum absolute atomic E-state index is 13.5. The van der Waals surface area contributed by atoms with E-state index in [-0.39, 0.29) is 5.97 Å². The number of esters is 1. The molecule has 2 aromatic rings. The summed E-state index contributed by atoms with van der Waals surface area (Å²) in [6.45, 7) is 3.85. The number of methoxy groups -OCH3 is 1. The van der Waals surface area contributed by atoms with Crippen molar-refractivity contribution < 1.29 is 14.1 Å². The number of rotatable bonds is 6. The van der Waals surface area contributed by atoms with Gasteiger partial charge in [-0.25, -0.2) is 4.67 Å². The average molecular weight is 331 g/mol. The lowest BCUT2D eigenvalue weighted by Gasteiger charge is -2.33. The van der Waals surface area contributed by atoms with Gasteiger partial charge >= 0.3 is 5.97 Å². The van der Waals surface area contributed by atoms with Crippen molar-refractivity contribution in [2.75, 3.05) is 13.8 Å². The minimum absolute atomic E-state index is 0.390. The number of ether oxygens (including phenoxy) is 1. The molecule has 0 radical (unpaired) electrons. The molecule has 2 rings (SSSR count). The van der Waals surface area contributed by atoms with E-state index in [1.165, 1.54) is 7.11 Å². The van der Waals surface area contributed by atoms with Gasteiger partial charge in [0, 0.05) is 18.5 Å². The van der Waals surface area contributed by atoms with Gasteiger partial charge in [0.1, 0.15) is 6.04 Å². The van der Waals surface area contributed by atoms with Crippen molar-refractivity contribution in [3.05, 3.63) is 66.2 Å². The van der Waals surface area contributed by atoms with E-state index < -0.39 is 13.3 Å². The first-order chi connectivity index (χ1) is 11.0. The zero-order valence-electron chi connectivity index (χ0n) is 13.7. The summed E-state index contributed by atoms with van der Waals surface area (Å²) in [5.41, 5.74) is 1.00. The summed E-state index contributed by atoms with van der Waals surface area (Å²) in [5, 5.41) is 0.728. The number of hydrogen-bond acceptors (Lipinski definition) is 3. The Balaban J connectivity index is 2.40. The van der Waals surface area contributed by atoms with Crippen LogP contribution in [0.3, 0.4) is 0 Å². The zero-order chi connectivity index (χ0) is 16.9. The van der Waals surface area contributed by atoms with Gasteiger partial charge in [-0.15, -0.1) is 0 Å². The summed E-state index contributed by atoms with van der Waals surface area (Å²) in [6.07, 6.45) is 0. The molecule has 4 nitrogen and oxygen atoms in total. The normalized spacial score (nSPS) is 15.0. The van der Waals surface area contributed by atoms with E-state index in [0.29, 0.717) is 6.54 Å². The molecule has 0 spiro atoms. The van der Waals surface area contributed by atoms with Crippen molar-refractivity contribution in [2.24, 2.45) is 0 Å². The fourth-order valence-corrected chi connectivity index (χ4v) is 4.73. The summed E-state index contributed by atoms with van der Waals surface area (Å²) in [4.78, 5) is 12.0. The highest BCUT2D eigenvalue weighted by Crippen LogP contribution is 2.47. The molecule has 0 aliphatic carbocycles. The van der Waals surface area contributed by atoms with Crippen LogP contribution in [-0.4, -0.2) is 30.5 Å². The summed E-state index contributed by atoms with van der Waals surface area (Å²) >= 11 is 0. The van der Waals surface area contributed by atoms with Crippen LogP contribution in [0.2, 0.25) is 0 Å². The van der Waals surface area contributed by atoms with Gasteiger partial charge < -0.3 is 9.30 Å². The van der Waals surface area contributed by atoms with Gasteiger partial charge in [-0.1, -0.05) is 60.7 Å². The van der Waals surface area contributed by atoms with E-state index in [1.807, 2.05) is 60.7 Å². The molecule has 0 aromatic heterocycles. The molecule has 5 heteroatoms. The lowest BCUT2D eigenvalue weighted by atomic mass is 10.2. The average Bonchev–Trinajstić information content (AvgIpc) is 2.60. The first kappa shape index (κ1) is 17.5. The van der Waals surface area contributed by atoms with Crippen LogP contribution in [0.1, 0.15) is 12.5 Å². The van der Waals surface area contributed by atoms with Crippen LogP contribution in [-0.2, 0) is 20.6 Å². The minimum Gasteiger partial charge on any atom is -0.468 e. The first-order valence-corrected chi connectivity index (χ1v) is 9.59. The molecule has 2 atom stereocenters. The summed E-state index contributed by atoms with van der Waals surface area (Å²) in [6, 6.07) is 18.4. The van der Waals surface area contributed by atoms with Crippen molar-refractivity contribution in [3.63, 3.8) is 0 Å². The van der Waals surface area contributed by atoms with Crippen LogP contribution in [0.15, 0.2) is 60.7 Å². The second kappa shape index (κ2) is 7.58. The Bertz CT molecular complexity index is 688. The van der Waals surface area contributed by atoms with Crippen molar-refractivity contribution in [2.45, 2.75) is 19.5 Å². The Morgan fingerprint density at radius 1 is 1.09 bits per heavy atom. The third-order valence-electron chi connectivity index (χ3n) is 3.90. The molecular weight excluding hydrogens is 309 g/mol. The van der Waals surface area contributed by atoms with E-state index in [1.54, 1.807) is 18.3 Å². The van der Waals surface area contributed by atoms with Gasteiger partial charge in [-0.2, -0.15) is 0 Å². The molecule has 0 N–H and O–H groups in total. The number of hydrogen-bond donors (Lipinski definition) is 0. The van der Waals surface area contributed by atoms with Crippen LogP contribution in [0, 0.1) is 0 Å². The van der Waals surface area contributed by atoms with Crippen molar-refractivity contribution >= 4 is 18.6 Å². The quantitative estimate of drug-likeness (QED) is 0.602. The Labute approximate surface area is 137 Å². The number of benzene rings is 2. The summed E-state index contributed by atoms with van der Waals surface area (Å²) < 4.78 is 20.1. The largest absolute Gasteiger partial charge is 0.468 e. The number of nitrogens with zero attached hydrogens (tertiary/aromatic N) is 1. The number of carbonyl (C=O) groups is 1. The van der Waals surface area contributed by atoms with E-state index in [9.17, 15) is 9.36 Å². The highest BCUT2D eigenvalue weighted by atomic mass is 31.2. The molecule has 122 valence electrons.